The molecule has 0 aromatic rings. The van der Waals surface area contributed by atoms with Crippen LogP contribution in [0.2, 0.25) is 0 Å². The van der Waals surface area contributed by atoms with Crippen molar-refractivity contribution < 1.29 is 4.74 Å². The fourth-order valence-electron chi connectivity index (χ4n) is 3.22. The summed E-state index contributed by atoms with van der Waals surface area (Å²) in [5.74, 6) is 0.969. The molecule has 1 N–H and O–H groups in total. The molecule has 2 heteroatoms. The van der Waals surface area contributed by atoms with Gasteiger partial charge in [0.2, 0.25) is 0 Å². The first-order chi connectivity index (χ1) is 8.45. The lowest BCUT2D eigenvalue weighted by Gasteiger charge is -2.24. The van der Waals surface area contributed by atoms with Crippen LogP contribution in [0.3, 0.4) is 0 Å². The molecular formula is C15H29NO. The molecule has 0 radical (unpaired) electrons. The van der Waals surface area contributed by atoms with Gasteiger partial charge in [0.15, 0.2) is 0 Å². The first-order valence-corrected chi connectivity index (χ1v) is 7.76. The molecule has 0 bridgehead atoms. The van der Waals surface area contributed by atoms with Gasteiger partial charge >= 0.3 is 0 Å². The highest BCUT2D eigenvalue weighted by Crippen LogP contribution is 2.26. The van der Waals surface area contributed by atoms with E-state index in [9.17, 15) is 0 Å². The van der Waals surface area contributed by atoms with Crippen LogP contribution in [0.25, 0.3) is 0 Å². The third-order valence-electron chi connectivity index (χ3n) is 4.42. The van der Waals surface area contributed by atoms with Crippen LogP contribution in [-0.2, 0) is 4.74 Å². The van der Waals surface area contributed by atoms with E-state index in [4.69, 9.17) is 4.74 Å². The predicted octanol–water partition coefficient (Wildman–Crippen LogP) is 3.51. The molecule has 1 aliphatic carbocycles. The summed E-state index contributed by atoms with van der Waals surface area (Å²) in [6, 6.07) is 0.735. The van der Waals surface area contributed by atoms with Gasteiger partial charge in [-0.15, -0.1) is 0 Å². The lowest BCUT2D eigenvalue weighted by Crippen LogP contribution is -2.34. The van der Waals surface area contributed by atoms with E-state index in [1.807, 2.05) is 0 Å². The SMILES string of the molecule is C1CCC(CCOCC[C@@H]2CCCCN2)CC1. The molecule has 100 valence electrons. The Hall–Kier alpha value is -0.0800. The van der Waals surface area contributed by atoms with E-state index in [0.717, 1.165) is 25.2 Å². The minimum atomic E-state index is 0.735. The summed E-state index contributed by atoms with van der Waals surface area (Å²) in [7, 11) is 0. The van der Waals surface area contributed by atoms with Gasteiger partial charge in [-0.3, -0.25) is 0 Å². The summed E-state index contributed by atoms with van der Waals surface area (Å²) in [6.07, 6.45) is 13.9. The van der Waals surface area contributed by atoms with Gasteiger partial charge in [0.25, 0.3) is 0 Å². The zero-order valence-corrected chi connectivity index (χ0v) is 11.3. The van der Waals surface area contributed by atoms with Crippen molar-refractivity contribution in [2.24, 2.45) is 5.92 Å². The van der Waals surface area contributed by atoms with Crippen LogP contribution in [0, 0.1) is 5.92 Å². The molecule has 0 amide bonds. The van der Waals surface area contributed by atoms with Crippen molar-refractivity contribution >= 4 is 0 Å². The Morgan fingerprint density at radius 1 is 0.824 bits per heavy atom. The maximum Gasteiger partial charge on any atom is 0.0480 e. The second-order valence-electron chi connectivity index (χ2n) is 5.84. The molecule has 2 aliphatic rings. The average Bonchev–Trinajstić information content (AvgIpc) is 2.41. The Bertz CT molecular complexity index is 163. The molecule has 1 saturated heterocycles. The quantitative estimate of drug-likeness (QED) is 0.716. The molecule has 2 rings (SSSR count). The minimum Gasteiger partial charge on any atom is -0.381 e. The van der Waals surface area contributed by atoms with Gasteiger partial charge in [0.1, 0.15) is 0 Å². The van der Waals surface area contributed by atoms with Crippen molar-refractivity contribution in [1.82, 2.24) is 5.32 Å². The lowest BCUT2D eigenvalue weighted by molar-refractivity contribution is 0.103. The van der Waals surface area contributed by atoms with Crippen LogP contribution in [-0.4, -0.2) is 25.8 Å². The Morgan fingerprint density at radius 3 is 2.35 bits per heavy atom. The summed E-state index contributed by atoms with van der Waals surface area (Å²) < 4.78 is 5.80. The van der Waals surface area contributed by atoms with Crippen LogP contribution >= 0.6 is 0 Å². The van der Waals surface area contributed by atoms with Crippen LogP contribution in [0.4, 0.5) is 0 Å². The Balaban J connectivity index is 1.42. The molecule has 2 nitrogen and oxygen atoms in total. The van der Waals surface area contributed by atoms with E-state index in [0.29, 0.717) is 0 Å². The summed E-state index contributed by atoms with van der Waals surface area (Å²) in [5, 5.41) is 3.58. The fourth-order valence-corrected chi connectivity index (χ4v) is 3.22. The van der Waals surface area contributed by atoms with Crippen LogP contribution < -0.4 is 5.32 Å². The van der Waals surface area contributed by atoms with Gasteiger partial charge in [-0.2, -0.15) is 0 Å². The molecule has 1 aliphatic heterocycles. The smallest absolute Gasteiger partial charge is 0.0480 e. The van der Waals surface area contributed by atoms with E-state index in [1.54, 1.807) is 0 Å². The highest BCUT2D eigenvalue weighted by Gasteiger charge is 2.14. The zero-order valence-electron chi connectivity index (χ0n) is 11.3. The van der Waals surface area contributed by atoms with Crippen molar-refractivity contribution in [2.45, 2.75) is 70.3 Å². The molecule has 1 atom stereocenters. The maximum absolute atomic E-state index is 5.80. The molecular weight excluding hydrogens is 210 g/mol. The average molecular weight is 239 g/mol. The molecule has 1 heterocycles. The number of ether oxygens (including phenoxy) is 1. The number of rotatable bonds is 6. The monoisotopic (exact) mass is 239 g/mol. The second kappa shape index (κ2) is 8.10. The predicted molar refractivity (Wildman–Crippen MR) is 72.3 cm³/mol. The largest absolute Gasteiger partial charge is 0.381 e. The van der Waals surface area contributed by atoms with Crippen molar-refractivity contribution in [3.8, 4) is 0 Å². The van der Waals surface area contributed by atoms with Gasteiger partial charge in [-0.25, -0.2) is 0 Å². The minimum absolute atomic E-state index is 0.735. The van der Waals surface area contributed by atoms with Crippen molar-refractivity contribution in [3.63, 3.8) is 0 Å². The Morgan fingerprint density at radius 2 is 1.59 bits per heavy atom. The van der Waals surface area contributed by atoms with E-state index in [-0.39, 0.29) is 0 Å². The Kier molecular flexibility index (Phi) is 6.36. The topological polar surface area (TPSA) is 21.3 Å². The fraction of sp³-hybridized carbons (Fsp3) is 1.00. The van der Waals surface area contributed by atoms with Crippen molar-refractivity contribution in [2.75, 3.05) is 19.8 Å². The van der Waals surface area contributed by atoms with Gasteiger partial charge in [-0.05, 0) is 38.1 Å². The molecule has 0 aromatic heterocycles. The van der Waals surface area contributed by atoms with Gasteiger partial charge in [0, 0.05) is 19.3 Å². The first-order valence-electron chi connectivity index (χ1n) is 7.76. The Labute approximate surface area is 107 Å². The van der Waals surface area contributed by atoms with Crippen molar-refractivity contribution in [1.29, 1.82) is 0 Å². The lowest BCUT2D eigenvalue weighted by atomic mass is 9.87. The molecule has 17 heavy (non-hydrogen) atoms. The summed E-state index contributed by atoms with van der Waals surface area (Å²) in [4.78, 5) is 0. The van der Waals surface area contributed by atoms with Crippen LogP contribution in [0.15, 0.2) is 0 Å². The molecule has 0 aromatic carbocycles. The number of hydrogen-bond acceptors (Lipinski definition) is 2. The highest BCUT2D eigenvalue weighted by atomic mass is 16.5. The molecule has 2 fully saturated rings. The van der Waals surface area contributed by atoms with Crippen molar-refractivity contribution in [3.05, 3.63) is 0 Å². The number of nitrogens with one attached hydrogen (secondary N) is 1. The second-order valence-corrected chi connectivity index (χ2v) is 5.84. The van der Waals surface area contributed by atoms with Gasteiger partial charge < -0.3 is 10.1 Å². The zero-order chi connectivity index (χ0) is 11.8. The van der Waals surface area contributed by atoms with E-state index < -0.39 is 0 Å². The molecule has 1 saturated carbocycles. The van der Waals surface area contributed by atoms with Gasteiger partial charge in [-0.1, -0.05) is 38.5 Å². The van der Waals surface area contributed by atoms with E-state index in [1.165, 1.54) is 70.8 Å². The van der Waals surface area contributed by atoms with Gasteiger partial charge in [0.05, 0.1) is 0 Å². The third-order valence-corrected chi connectivity index (χ3v) is 4.42. The van der Waals surface area contributed by atoms with E-state index >= 15 is 0 Å². The molecule has 0 spiro atoms. The number of piperidine rings is 1. The highest BCUT2D eigenvalue weighted by molar-refractivity contribution is 4.71. The number of hydrogen-bond donors (Lipinski definition) is 1. The van der Waals surface area contributed by atoms with Crippen LogP contribution in [0.5, 0.6) is 0 Å². The summed E-state index contributed by atoms with van der Waals surface area (Å²) >= 11 is 0. The molecule has 0 unspecified atom stereocenters. The van der Waals surface area contributed by atoms with E-state index in [2.05, 4.69) is 5.32 Å². The normalized spacial score (nSPS) is 27.2. The summed E-state index contributed by atoms with van der Waals surface area (Å²) in [6.45, 7) is 3.18. The maximum atomic E-state index is 5.80. The third kappa shape index (κ3) is 5.39. The summed E-state index contributed by atoms with van der Waals surface area (Å²) in [5.41, 5.74) is 0. The van der Waals surface area contributed by atoms with Crippen LogP contribution in [0.1, 0.15) is 64.2 Å². The standard InChI is InChI=1S/C15H29NO/c1-2-6-14(7-3-1)9-12-17-13-10-15-8-4-5-11-16-15/h14-16H,1-13H2/t15-/m0/s1. The first kappa shape index (κ1) is 13.4.